The van der Waals surface area contributed by atoms with Gasteiger partial charge < -0.3 is 9.47 Å². The van der Waals surface area contributed by atoms with Crippen molar-refractivity contribution in [2.45, 2.75) is 83.0 Å². The predicted octanol–water partition coefficient (Wildman–Crippen LogP) is 10.4. The third kappa shape index (κ3) is 7.73. The second-order valence-electron chi connectivity index (χ2n) is 10.7. The van der Waals surface area contributed by atoms with Crippen LogP contribution < -0.4 is 4.74 Å². The van der Waals surface area contributed by atoms with Gasteiger partial charge >= 0.3 is 29.7 Å². The van der Waals surface area contributed by atoms with E-state index in [1.807, 2.05) is 19.1 Å². The van der Waals surface area contributed by atoms with E-state index in [1.165, 1.54) is 29.0 Å². The van der Waals surface area contributed by atoms with Crippen LogP contribution >= 0.6 is 11.3 Å². The van der Waals surface area contributed by atoms with E-state index in [1.54, 1.807) is 6.07 Å². The standard InChI is InChI=1S/C32H34F8O3S/c1-5-6-7-8-22-9-12-25(21(4)17-22)27-18-23-10-11-24(19-26(23)44-27)42-15-13-29(33,34)31(37,38)32(39,40)30(35,36)14-16-43-28(41)20(2)3/h9-12,17-19H,2,5-8,13-16H2,1,3-4H3. The maximum Gasteiger partial charge on any atom is 0.378 e. The van der Waals surface area contributed by atoms with Crippen LogP contribution in [0.3, 0.4) is 0 Å². The van der Waals surface area contributed by atoms with Crippen molar-refractivity contribution in [3.05, 3.63) is 65.7 Å². The number of alkyl halides is 8. The number of ether oxygens (including phenoxy) is 2. The minimum atomic E-state index is -6.46. The number of carbonyl (C=O) groups excluding carboxylic acids is 1. The highest BCUT2D eigenvalue weighted by atomic mass is 32.1. The molecule has 0 aliphatic carbocycles. The molecular weight excluding hydrogens is 616 g/mol. The lowest BCUT2D eigenvalue weighted by atomic mass is 9.95. The minimum absolute atomic E-state index is 0.0180. The Morgan fingerprint density at radius 1 is 0.864 bits per heavy atom. The van der Waals surface area contributed by atoms with Gasteiger partial charge in [-0.1, -0.05) is 44.5 Å². The summed E-state index contributed by atoms with van der Waals surface area (Å²) in [4.78, 5) is 12.2. The summed E-state index contributed by atoms with van der Waals surface area (Å²) in [5.41, 5.74) is 3.08. The lowest BCUT2D eigenvalue weighted by Crippen LogP contribution is -2.62. The highest BCUT2D eigenvalue weighted by Gasteiger charge is 2.79. The number of esters is 1. The van der Waals surface area contributed by atoms with Gasteiger partial charge in [0.25, 0.3) is 0 Å². The Bertz CT molecular complexity index is 1460. The van der Waals surface area contributed by atoms with Crippen LogP contribution in [0.1, 0.15) is 57.1 Å². The topological polar surface area (TPSA) is 35.5 Å². The molecule has 3 nitrogen and oxygen atoms in total. The molecule has 0 atom stereocenters. The Morgan fingerprint density at radius 3 is 2.09 bits per heavy atom. The lowest BCUT2D eigenvalue weighted by molar-refractivity contribution is -0.368. The van der Waals surface area contributed by atoms with Crippen molar-refractivity contribution < 1.29 is 49.4 Å². The number of hydrogen-bond donors (Lipinski definition) is 0. The molecule has 3 aromatic rings. The fraction of sp³-hybridized carbons (Fsp3) is 0.469. The molecular formula is C32H34F8O3S. The quantitative estimate of drug-likeness (QED) is 0.0670. The molecule has 0 bridgehead atoms. The van der Waals surface area contributed by atoms with Crippen LogP contribution in [0, 0.1) is 6.92 Å². The first-order chi connectivity index (χ1) is 20.4. The van der Waals surface area contributed by atoms with Crippen LogP contribution in [0.2, 0.25) is 0 Å². The molecule has 44 heavy (non-hydrogen) atoms. The first-order valence-corrected chi connectivity index (χ1v) is 14.9. The van der Waals surface area contributed by atoms with Crippen LogP contribution in [0.25, 0.3) is 20.5 Å². The molecule has 12 heteroatoms. The molecule has 0 saturated carbocycles. The molecule has 1 aromatic heterocycles. The number of rotatable bonds is 16. The van der Waals surface area contributed by atoms with E-state index >= 15 is 0 Å². The van der Waals surface area contributed by atoms with Crippen molar-refractivity contribution in [3.63, 3.8) is 0 Å². The van der Waals surface area contributed by atoms with E-state index in [0.29, 0.717) is 4.70 Å². The molecule has 0 radical (unpaired) electrons. The average molecular weight is 651 g/mol. The summed E-state index contributed by atoms with van der Waals surface area (Å²) in [6.07, 6.45) is 0.307. The van der Waals surface area contributed by atoms with Gasteiger partial charge in [-0.05, 0) is 73.0 Å². The van der Waals surface area contributed by atoms with Gasteiger partial charge in [0.2, 0.25) is 0 Å². The fourth-order valence-electron chi connectivity index (χ4n) is 4.44. The van der Waals surface area contributed by atoms with Crippen molar-refractivity contribution in [2.24, 2.45) is 0 Å². The fourth-order valence-corrected chi connectivity index (χ4v) is 5.62. The molecule has 0 amide bonds. The van der Waals surface area contributed by atoms with Crippen molar-refractivity contribution in [2.75, 3.05) is 13.2 Å². The molecule has 0 unspecified atom stereocenters. The predicted molar refractivity (Wildman–Crippen MR) is 156 cm³/mol. The third-order valence-corrected chi connectivity index (χ3v) is 8.24. The third-order valence-electron chi connectivity index (χ3n) is 7.11. The van der Waals surface area contributed by atoms with Crippen molar-refractivity contribution in [1.29, 1.82) is 0 Å². The number of thiophene rings is 1. The zero-order valence-corrected chi connectivity index (χ0v) is 25.4. The summed E-state index contributed by atoms with van der Waals surface area (Å²) in [5, 5.41) is 0.816. The Labute approximate surface area is 254 Å². The number of halogens is 8. The summed E-state index contributed by atoms with van der Waals surface area (Å²) in [5.74, 6) is -25.3. The Hall–Kier alpha value is -3.15. The van der Waals surface area contributed by atoms with Gasteiger partial charge in [0.1, 0.15) is 5.75 Å². The van der Waals surface area contributed by atoms with E-state index < -0.39 is 55.7 Å². The number of fused-ring (bicyclic) bond motifs is 1. The SMILES string of the molecule is C=C(C)C(=O)OCCC(F)(F)C(F)(F)C(F)(F)C(F)(F)CCOc1ccc2cc(-c3ccc(CCCCC)cc3C)sc2c1. The van der Waals surface area contributed by atoms with Crippen LogP contribution in [0.4, 0.5) is 35.1 Å². The molecule has 0 N–H and O–H groups in total. The molecule has 2 aromatic carbocycles. The zero-order chi connectivity index (χ0) is 32.9. The Balaban J connectivity index is 1.66. The zero-order valence-electron chi connectivity index (χ0n) is 24.6. The van der Waals surface area contributed by atoms with Crippen LogP contribution in [0.15, 0.2) is 54.6 Å². The van der Waals surface area contributed by atoms with Gasteiger partial charge in [-0.3, -0.25) is 0 Å². The van der Waals surface area contributed by atoms with Crippen molar-refractivity contribution in [3.8, 4) is 16.2 Å². The second-order valence-corrected chi connectivity index (χ2v) is 11.8. The number of aryl methyl sites for hydroxylation is 2. The molecule has 0 fully saturated rings. The first-order valence-electron chi connectivity index (χ1n) is 14.0. The van der Waals surface area contributed by atoms with E-state index in [9.17, 15) is 39.9 Å². The van der Waals surface area contributed by atoms with E-state index in [-0.39, 0.29) is 11.3 Å². The van der Waals surface area contributed by atoms with Gasteiger partial charge in [-0.2, -0.15) is 35.1 Å². The van der Waals surface area contributed by atoms with Gasteiger partial charge in [-0.15, -0.1) is 11.3 Å². The second kappa shape index (κ2) is 13.9. The maximum atomic E-state index is 14.3. The summed E-state index contributed by atoms with van der Waals surface area (Å²) >= 11 is 1.40. The van der Waals surface area contributed by atoms with Gasteiger partial charge in [0, 0.05) is 15.2 Å². The van der Waals surface area contributed by atoms with E-state index in [4.69, 9.17) is 4.74 Å². The monoisotopic (exact) mass is 650 g/mol. The summed E-state index contributed by atoms with van der Waals surface area (Å²) < 4.78 is 124. The lowest BCUT2D eigenvalue weighted by Gasteiger charge is -2.36. The molecule has 242 valence electrons. The molecule has 0 spiro atoms. The normalized spacial score (nSPS) is 12.9. The molecule has 0 aliphatic heterocycles. The smallest absolute Gasteiger partial charge is 0.378 e. The average Bonchev–Trinajstić information content (AvgIpc) is 3.35. The summed E-state index contributed by atoms with van der Waals surface area (Å²) in [6, 6.07) is 12.7. The van der Waals surface area contributed by atoms with Crippen LogP contribution in [0.5, 0.6) is 5.75 Å². The van der Waals surface area contributed by atoms with Crippen molar-refractivity contribution in [1.82, 2.24) is 0 Å². The summed E-state index contributed by atoms with van der Waals surface area (Å²) in [6.45, 7) is 5.87. The van der Waals surface area contributed by atoms with Crippen LogP contribution in [-0.2, 0) is 16.0 Å². The minimum Gasteiger partial charge on any atom is -0.493 e. The van der Waals surface area contributed by atoms with Gasteiger partial charge in [0.05, 0.1) is 26.1 Å². The summed E-state index contributed by atoms with van der Waals surface area (Å²) in [7, 11) is 0. The Morgan fingerprint density at radius 2 is 1.50 bits per heavy atom. The number of benzene rings is 2. The molecule has 0 aliphatic rings. The molecule has 0 saturated heterocycles. The number of hydrogen-bond acceptors (Lipinski definition) is 4. The number of unbranched alkanes of at least 4 members (excludes halogenated alkanes) is 2. The van der Waals surface area contributed by atoms with E-state index in [2.05, 4.69) is 30.4 Å². The van der Waals surface area contributed by atoms with E-state index in [0.717, 1.165) is 54.0 Å². The Kier molecular flexibility index (Phi) is 11.1. The highest BCUT2D eigenvalue weighted by Crippen LogP contribution is 2.54. The largest absolute Gasteiger partial charge is 0.493 e. The maximum absolute atomic E-state index is 14.3. The highest BCUT2D eigenvalue weighted by molar-refractivity contribution is 7.22. The van der Waals surface area contributed by atoms with Gasteiger partial charge in [0.15, 0.2) is 0 Å². The molecule has 3 rings (SSSR count). The molecule has 1 heterocycles. The van der Waals surface area contributed by atoms with Crippen molar-refractivity contribution >= 4 is 27.4 Å². The number of carbonyl (C=O) groups is 1. The first kappa shape index (κ1) is 35.3. The van der Waals surface area contributed by atoms with Crippen LogP contribution in [-0.4, -0.2) is 42.9 Å². The van der Waals surface area contributed by atoms with Gasteiger partial charge in [-0.25, -0.2) is 4.79 Å².